The van der Waals surface area contributed by atoms with Crippen molar-refractivity contribution in [3.63, 3.8) is 0 Å². The molecule has 10 heteroatoms. The third-order valence-electron chi connectivity index (χ3n) is 4.82. The average Bonchev–Trinajstić information content (AvgIpc) is 3.12. The van der Waals surface area contributed by atoms with Crippen molar-refractivity contribution in [2.24, 2.45) is 0 Å². The van der Waals surface area contributed by atoms with Gasteiger partial charge in [-0.3, -0.25) is 4.79 Å². The Morgan fingerprint density at radius 1 is 1.33 bits per heavy atom. The summed E-state index contributed by atoms with van der Waals surface area (Å²) in [4.78, 5) is 22.8. The van der Waals surface area contributed by atoms with Crippen LogP contribution in [0.2, 0.25) is 0 Å². The van der Waals surface area contributed by atoms with Crippen LogP contribution in [-0.2, 0) is 21.5 Å². The Hall–Kier alpha value is -1.78. The number of hydrogen-bond acceptors (Lipinski definition) is 6. The molecule has 9 nitrogen and oxygen atoms in total. The highest BCUT2D eigenvalue weighted by Crippen LogP contribution is 2.30. The fourth-order valence-electron chi connectivity index (χ4n) is 3.34. The average molecular weight is 399 g/mol. The Labute approximate surface area is 161 Å². The predicted octanol–water partition coefficient (Wildman–Crippen LogP) is 1.22. The van der Waals surface area contributed by atoms with Crippen LogP contribution in [0.1, 0.15) is 51.2 Å². The zero-order valence-corrected chi connectivity index (χ0v) is 17.6. The number of anilines is 1. The zero-order chi connectivity index (χ0) is 20.2. The van der Waals surface area contributed by atoms with Gasteiger partial charge < -0.3 is 10.2 Å². The second kappa shape index (κ2) is 8.94. The van der Waals surface area contributed by atoms with Crippen molar-refractivity contribution in [3.8, 4) is 0 Å². The number of carbonyl (C=O) groups is 1. The number of rotatable bonds is 8. The second-order valence-electron chi connectivity index (χ2n) is 6.57. The molecule has 1 aliphatic rings. The van der Waals surface area contributed by atoms with Gasteiger partial charge in [0.15, 0.2) is 5.82 Å². The third-order valence-corrected chi connectivity index (χ3v) is 6.90. The van der Waals surface area contributed by atoms with Crippen LogP contribution in [0, 0.1) is 0 Å². The summed E-state index contributed by atoms with van der Waals surface area (Å²) in [5, 5.41) is 3.00. The van der Waals surface area contributed by atoms with Crippen molar-refractivity contribution in [2.75, 3.05) is 39.0 Å². The smallest absolute Gasteiger partial charge is 0.282 e. The topological polar surface area (TPSA) is 98.7 Å². The maximum absolute atomic E-state index is 12.7. The van der Waals surface area contributed by atoms with Crippen molar-refractivity contribution in [2.45, 2.75) is 46.2 Å². The molecule has 0 radical (unpaired) electrons. The van der Waals surface area contributed by atoms with E-state index < -0.39 is 10.2 Å². The molecule has 0 spiro atoms. The van der Waals surface area contributed by atoms with E-state index in [0.717, 1.165) is 12.8 Å². The summed E-state index contributed by atoms with van der Waals surface area (Å²) in [5.74, 6) is 1.16. The molecule has 0 aromatic carbocycles. The SMILES string of the molecule is CCN(CC)S(=O)(=O)N(C)Cc1cc(NC)nc(C2CCCN2C(C)=O)n1. The lowest BCUT2D eigenvalue weighted by atomic mass is 10.2. The molecule has 1 saturated heterocycles. The number of hydrogen-bond donors (Lipinski definition) is 1. The van der Waals surface area contributed by atoms with E-state index in [1.54, 1.807) is 32.0 Å². The Morgan fingerprint density at radius 3 is 2.56 bits per heavy atom. The van der Waals surface area contributed by atoms with E-state index in [1.807, 2.05) is 13.8 Å². The van der Waals surface area contributed by atoms with Gasteiger partial charge in [-0.1, -0.05) is 13.8 Å². The molecule has 27 heavy (non-hydrogen) atoms. The largest absolute Gasteiger partial charge is 0.373 e. The Kier molecular flexibility index (Phi) is 7.12. The Bertz CT molecular complexity index is 766. The van der Waals surface area contributed by atoms with Gasteiger partial charge in [0, 0.05) is 46.7 Å². The molecular formula is C17H30N6O3S. The van der Waals surface area contributed by atoms with Gasteiger partial charge in [0.05, 0.1) is 18.3 Å². The van der Waals surface area contributed by atoms with Crippen LogP contribution in [0.3, 0.4) is 0 Å². The van der Waals surface area contributed by atoms with E-state index in [9.17, 15) is 13.2 Å². The first kappa shape index (κ1) is 21.5. The number of nitrogens with one attached hydrogen (secondary N) is 1. The lowest BCUT2D eigenvalue weighted by molar-refractivity contribution is -0.129. The van der Waals surface area contributed by atoms with E-state index in [2.05, 4.69) is 15.3 Å². The molecule has 1 aromatic heterocycles. The monoisotopic (exact) mass is 398 g/mol. The molecule has 2 rings (SSSR count). The summed E-state index contributed by atoms with van der Waals surface area (Å²) in [5.41, 5.74) is 0.595. The molecular weight excluding hydrogens is 368 g/mol. The summed E-state index contributed by atoms with van der Waals surface area (Å²) < 4.78 is 28.0. The number of amides is 1. The van der Waals surface area contributed by atoms with Crippen LogP contribution in [-0.4, -0.2) is 71.5 Å². The maximum atomic E-state index is 12.7. The van der Waals surface area contributed by atoms with E-state index in [4.69, 9.17) is 0 Å². The van der Waals surface area contributed by atoms with Crippen molar-refractivity contribution in [1.82, 2.24) is 23.5 Å². The lowest BCUT2D eigenvalue weighted by Crippen LogP contribution is -2.41. The minimum absolute atomic E-state index is 0.00117. The normalized spacial score (nSPS) is 17.7. The summed E-state index contributed by atoms with van der Waals surface area (Å²) in [7, 11) is -0.253. The van der Waals surface area contributed by atoms with Crippen LogP contribution in [0.4, 0.5) is 5.82 Å². The first-order valence-corrected chi connectivity index (χ1v) is 10.7. The van der Waals surface area contributed by atoms with Gasteiger partial charge in [0.2, 0.25) is 5.91 Å². The molecule has 1 aromatic rings. The number of nitrogens with zero attached hydrogens (tertiary/aromatic N) is 5. The molecule has 1 fully saturated rings. The van der Waals surface area contributed by atoms with Crippen LogP contribution in [0.5, 0.6) is 0 Å². The van der Waals surface area contributed by atoms with Crippen LogP contribution in [0.25, 0.3) is 0 Å². The highest BCUT2D eigenvalue weighted by molar-refractivity contribution is 7.86. The molecule has 152 valence electrons. The summed E-state index contributed by atoms with van der Waals surface area (Å²) >= 11 is 0. The summed E-state index contributed by atoms with van der Waals surface area (Å²) in [6, 6.07) is 1.57. The van der Waals surface area contributed by atoms with Crippen molar-refractivity contribution >= 4 is 21.9 Å². The predicted molar refractivity (Wildman–Crippen MR) is 104 cm³/mol. The van der Waals surface area contributed by atoms with Crippen molar-refractivity contribution in [1.29, 1.82) is 0 Å². The molecule has 2 heterocycles. The summed E-state index contributed by atoms with van der Waals surface area (Å²) in [6.07, 6.45) is 1.71. The van der Waals surface area contributed by atoms with Crippen LogP contribution >= 0.6 is 0 Å². The fourth-order valence-corrected chi connectivity index (χ4v) is 4.69. The van der Waals surface area contributed by atoms with Gasteiger partial charge in [-0.25, -0.2) is 9.97 Å². The highest BCUT2D eigenvalue weighted by Gasteiger charge is 2.31. The maximum Gasteiger partial charge on any atom is 0.282 e. The van der Waals surface area contributed by atoms with E-state index >= 15 is 0 Å². The van der Waals surface area contributed by atoms with E-state index in [-0.39, 0.29) is 18.5 Å². The fraction of sp³-hybridized carbons (Fsp3) is 0.706. The first-order valence-electron chi connectivity index (χ1n) is 9.28. The van der Waals surface area contributed by atoms with Crippen molar-refractivity contribution < 1.29 is 13.2 Å². The second-order valence-corrected chi connectivity index (χ2v) is 8.61. The van der Waals surface area contributed by atoms with Gasteiger partial charge in [-0.05, 0) is 12.8 Å². The minimum atomic E-state index is -3.55. The molecule has 1 N–H and O–H groups in total. The summed E-state index contributed by atoms with van der Waals surface area (Å²) in [6.45, 7) is 6.83. The van der Waals surface area contributed by atoms with Gasteiger partial charge in [-0.2, -0.15) is 17.0 Å². The zero-order valence-electron chi connectivity index (χ0n) is 16.8. The number of likely N-dealkylation sites (tertiary alicyclic amines) is 1. The highest BCUT2D eigenvalue weighted by atomic mass is 32.2. The van der Waals surface area contributed by atoms with E-state index in [0.29, 0.717) is 37.0 Å². The molecule has 0 bridgehead atoms. The van der Waals surface area contributed by atoms with E-state index in [1.165, 1.54) is 8.61 Å². The molecule has 1 unspecified atom stereocenters. The van der Waals surface area contributed by atoms with Crippen LogP contribution < -0.4 is 5.32 Å². The molecule has 0 aliphatic carbocycles. The van der Waals surface area contributed by atoms with Gasteiger partial charge in [0.25, 0.3) is 10.2 Å². The van der Waals surface area contributed by atoms with Gasteiger partial charge in [-0.15, -0.1) is 0 Å². The quantitative estimate of drug-likeness (QED) is 0.707. The Balaban J connectivity index is 2.31. The molecule has 1 atom stereocenters. The van der Waals surface area contributed by atoms with Gasteiger partial charge in [0.1, 0.15) is 5.82 Å². The minimum Gasteiger partial charge on any atom is -0.373 e. The van der Waals surface area contributed by atoms with Gasteiger partial charge >= 0.3 is 0 Å². The standard InChI is InChI=1S/C17H30N6O3S/c1-6-22(7-2)27(25,26)21(5)12-14-11-16(18-4)20-17(19-14)15-9-8-10-23(15)13(3)24/h11,15H,6-10,12H2,1-5H3,(H,18,19,20). The third kappa shape index (κ3) is 4.74. The number of aromatic nitrogens is 2. The molecule has 1 amide bonds. The number of carbonyl (C=O) groups excluding carboxylic acids is 1. The Morgan fingerprint density at radius 2 is 2.00 bits per heavy atom. The lowest BCUT2D eigenvalue weighted by Gasteiger charge is -2.26. The van der Waals surface area contributed by atoms with Crippen LogP contribution in [0.15, 0.2) is 6.07 Å². The molecule has 1 aliphatic heterocycles. The van der Waals surface area contributed by atoms with Crippen molar-refractivity contribution in [3.05, 3.63) is 17.6 Å². The molecule has 0 saturated carbocycles. The first-order chi connectivity index (χ1) is 12.7.